The zero-order chi connectivity index (χ0) is 12.0. The van der Waals surface area contributed by atoms with Crippen LogP contribution >= 0.6 is 0 Å². The van der Waals surface area contributed by atoms with Crippen LogP contribution in [0.1, 0.15) is 6.92 Å². The second kappa shape index (κ2) is 5.75. The predicted molar refractivity (Wildman–Crippen MR) is 61.6 cm³/mol. The molecule has 0 atom stereocenters. The predicted octanol–water partition coefficient (Wildman–Crippen LogP) is 2.05. The topological polar surface area (TPSA) is 71.1 Å². The fourth-order valence-corrected chi connectivity index (χ4v) is 1.07. The summed E-state index contributed by atoms with van der Waals surface area (Å²) in [6, 6.07) is 5.77. The number of nitrogens with one attached hydrogen (secondary N) is 2. The van der Waals surface area contributed by atoms with Gasteiger partial charge in [-0.3, -0.25) is 0 Å². The standard InChI is InChI=1S/C11H14FN3O/c1-2-16-11(10(14)7-13)15-9-5-3-8(12)4-6-9/h3-7,13,15H,2,14H2,1H3/b11-10-,13-7?. The highest BCUT2D eigenvalue weighted by Crippen LogP contribution is 2.12. The number of anilines is 1. The zero-order valence-electron chi connectivity index (χ0n) is 8.96. The van der Waals surface area contributed by atoms with Gasteiger partial charge in [0.05, 0.1) is 6.61 Å². The molecule has 0 saturated heterocycles. The van der Waals surface area contributed by atoms with Crippen LogP contribution in [0.4, 0.5) is 10.1 Å². The van der Waals surface area contributed by atoms with E-state index in [1.54, 1.807) is 12.1 Å². The van der Waals surface area contributed by atoms with Gasteiger partial charge in [-0.1, -0.05) is 0 Å². The highest BCUT2D eigenvalue weighted by Gasteiger charge is 2.03. The Morgan fingerprint density at radius 1 is 1.50 bits per heavy atom. The summed E-state index contributed by atoms with van der Waals surface area (Å²) < 4.78 is 17.9. The van der Waals surface area contributed by atoms with E-state index in [9.17, 15) is 4.39 Å². The number of ether oxygens (including phenoxy) is 1. The van der Waals surface area contributed by atoms with Crippen molar-refractivity contribution in [3.05, 3.63) is 41.7 Å². The van der Waals surface area contributed by atoms with Crippen molar-refractivity contribution in [1.82, 2.24) is 0 Å². The van der Waals surface area contributed by atoms with E-state index in [1.165, 1.54) is 12.1 Å². The van der Waals surface area contributed by atoms with E-state index in [4.69, 9.17) is 15.9 Å². The highest BCUT2D eigenvalue weighted by molar-refractivity contribution is 5.76. The minimum Gasteiger partial charge on any atom is -0.478 e. The number of rotatable bonds is 5. The van der Waals surface area contributed by atoms with Crippen molar-refractivity contribution in [1.29, 1.82) is 5.41 Å². The molecular formula is C11H14FN3O. The number of allylic oxidation sites excluding steroid dienone is 1. The van der Waals surface area contributed by atoms with E-state index < -0.39 is 0 Å². The molecule has 1 aromatic rings. The summed E-state index contributed by atoms with van der Waals surface area (Å²) in [6.07, 6.45) is 0.988. The maximum atomic E-state index is 12.7. The third-order valence-corrected chi connectivity index (χ3v) is 1.81. The van der Waals surface area contributed by atoms with E-state index in [-0.39, 0.29) is 11.5 Å². The Bertz CT molecular complexity index is 387. The molecule has 0 bridgehead atoms. The molecule has 5 heteroatoms. The van der Waals surface area contributed by atoms with Crippen LogP contribution in [0.3, 0.4) is 0 Å². The molecule has 0 spiro atoms. The smallest absolute Gasteiger partial charge is 0.216 e. The van der Waals surface area contributed by atoms with E-state index in [2.05, 4.69) is 5.32 Å². The molecule has 0 aliphatic heterocycles. The molecule has 0 aliphatic carbocycles. The number of hydrogen-bond donors (Lipinski definition) is 3. The van der Waals surface area contributed by atoms with Crippen molar-refractivity contribution in [2.24, 2.45) is 5.73 Å². The highest BCUT2D eigenvalue weighted by atomic mass is 19.1. The van der Waals surface area contributed by atoms with Gasteiger partial charge in [-0.2, -0.15) is 0 Å². The maximum absolute atomic E-state index is 12.7. The average molecular weight is 223 g/mol. The lowest BCUT2D eigenvalue weighted by molar-refractivity contribution is 0.232. The molecule has 4 N–H and O–H groups in total. The number of halogens is 1. The number of nitrogens with two attached hydrogens (primary N) is 1. The lowest BCUT2D eigenvalue weighted by Crippen LogP contribution is -2.13. The first-order valence-corrected chi connectivity index (χ1v) is 4.83. The fourth-order valence-electron chi connectivity index (χ4n) is 1.07. The Kier molecular flexibility index (Phi) is 4.32. The van der Waals surface area contributed by atoms with Gasteiger partial charge in [0.1, 0.15) is 11.5 Å². The van der Waals surface area contributed by atoms with Crippen LogP contribution < -0.4 is 11.1 Å². The molecular weight excluding hydrogens is 209 g/mol. The van der Waals surface area contributed by atoms with Gasteiger partial charge in [0.15, 0.2) is 0 Å². The van der Waals surface area contributed by atoms with Crippen molar-refractivity contribution in [2.75, 3.05) is 11.9 Å². The minimum absolute atomic E-state index is 0.186. The van der Waals surface area contributed by atoms with Crippen LogP contribution in [0.5, 0.6) is 0 Å². The zero-order valence-corrected chi connectivity index (χ0v) is 8.96. The van der Waals surface area contributed by atoms with Crippen LogP contribution in [-0.4, -0.2) is 12.8 Å². The summed E-state index contributed by atoms with van der Waals surface area (Å²) in [5, 5.41) is 9.90. The first kappa shape index (κ1) is 12.0. The van der Waals surface area contributed by atoms with Gasteiger partial charge >= 0.3 is 0 Å². The van der Waals surface area contributed by atoms with Gasteiger partial charge in [-0.15, -0.1) is 0 Å². The molecule has 0 aliphatic rings. The Hall–Kier alpha value is -2.04. The van der Waals surface area contributed by atoms with Crippen LogP contribution in [0, 0.1) is 11.2 Å². The molecule has 0 unspecified atom stereocenters. The minimum atomic E-state index is -0.312. The first-order valence-electron chi connectivity index (χ1n) is 4.83. The van der Waals surface area contributed by atoms with Crippen LogP contribution in [0.15, 0.2) is 35.8 Å². The third kappa shape index (κ3) is 3.27. The van der Waals surface area contributed by atoms with Crippen molar-refractivity contribution in [3.63, 3.8) is 0 Å². The monoisotopic (exact) mass is 223 g/mol. The summed E-state index contributed by atoms with van der Waals surface area (Å²) in [7, 11) is 0. The van der Waals surface area contributed by atoms with Crippen LogP contribution in [0.2, 0.25) is 0 Å². The maximum Gasteiger partial charge on any atom is 0.216 e. The Morgan fingerprint density at radius 2 is 2.12 bits per heavy atom. The van der Waals surface area contributed by atoms with Gasteiger partial charge < -0.3 is 21.2 Å². The first-order chi connectivity index (χ1) is 7.67. The van der Waals surface area contributed by atoms with E-state index in [0.29, 0.717) is 18.2 Å². The molecule has 1 rings (SSSR count). The second-order valence-electron chi connectivity index (χ2n) is 2.99. The van der Waals surface area contributed by atoms with E-state index in [0.717, 1.165) is 6.21 Å². The summed E-state index contributed by atoms with van der Waals surface area (Å²) in [4.78, 5) is 0. The lowest BCUT2D eigenvalue weighted by Gasteiger charge is -2.12. The quantitative estimate of drug-likeness (QED) is 0.528. The Labute approximate surface area is 93.4 Å². The Balaban J connectivity index is 2.84. The molecule has 0 amide bonds. The van der Waals surface area contributed by atoms with Gasteiger partial charge in [-0.25, -0.2) is 4.39 Å². The summed E-state index contributed by atoms with van der Waals surface area (Å²) >= 11 is 0. The van der Waals surface area contributed by atoms with Crippen LogP contribution in [-0.2, 0) is 4.74 Å². The van der Waals surface area contributed by atoms with Gasteiger partial charge in [0.25, 0.3) is 0 Å². The van der Waals surface area contributed by atoms with Crippen molar-refractivity contribution < 1.29 is 9.13 Å². The van der Waals surface area contributed by atoms with E-state index in [1.807, 2.05) is 6.92 Å². The van der Waals surface area contributed by atoms with Crippen molar-refractivity contribution in [3.8, 4) is 0 Å². The third-order valence-electron chi connectivity index (χ3n) is 1.81. The van der Waals surface area contributed by atoms with Gasteiger partial charge in [0, 0.05) is 11.9 Å². The molecule has 16 heavy (non-hydrogen) atoms. The van der Waals surface area contributed by atoms with Gasteiger partial charge in [-0.05, 0) is 31.2 Å². The molecule has 86 valence electrons. The SMILES string of the molecule is CCO/C(Nc1ccc(F)cc1)=C(\N)C=N. The largest absolute Gasteiger partial charge is 0.478 e. The lowest BCUT2D eigenvalue weighted by atomic mass is 10.3. The van der Waals surface area contributed by atoms with Gasteiger partial charge in [0.2, 0.25) is 5.88 Å². The summed E-state index contributed by atoms with van der Waals surface area (Å²) in [5.41, 5.74) is 6.39. The molecule has 0 saturated carbocycles. The van der Waals surface area contributed by atoms with Crippen molar-refractivity contribution in [2.45, 2.75) is 6.92 Å². The number of hydrogen-bond acceptors (Lipinski definition) is 4. The number of benzene rings is 1. The molecule has 0 heterocycles. The Morgan fingerprint density at radius 3 is 2.62 bits per heavy atom. The fraction of sp³-hybridized carbons (Fsp3) is 0.182. The molecule has 0 fully saturated rings. The summed E-state index contributed by atoms with van der Waals surface area (Å²) in [5.74, 6) is -0.0170. The van der Waals surface area contributed by atoms with Crippen LogP contribution in [0.25, 0.3) is 0 Å². The average Bonchev–Trinajstić information content (AvgIpc) is 2.30. The molecule has 0 radical (unpaired) electrons. The normalized spacial score (nSPS) is 11.6. The van der Waals surface area contributed by atoms with Crippen molar-refractivity contribution >= 4 is 11.9 Å². The van der Waals surface area contributed by atoms with E-state index >= 15 is 0 Å². The molecule has 0 aromatic heterocycles. The molecule has 1 aromatic carbocycles. The summed E-state index contributed by atoms with van der Waals surface area (Å²) in [6.45, 7) is 2.24. The second-order valence-corrected chi connectivity index (χ2v) is 2.99. The molecule has 4 nitrogen and oxygen atoms in total.